The molecule has 0 saturated heterocycles. The average Bonchev–Trinajstić information content (AvgIpc) is 2.78. The molecule has 1 aromatic rings. The summed E-state index contributed by atoms with van der Waals surface area (Å²) in [5.41, 5.74) is 1.85. The molecule has 2 aliphatic heterocycles. The van der Waals surface area contributed by atoms with Gasteiger partial charge >= 0.3 is 0 Å². The Hall–Kier alpha value is -1.97. The predicted octanol–water partition coefficient (Wildman–Crippen LogP) is 2.23. The first-order valence-corrected chi connectivity index (χ1v) is 5.15. The average molecular weight is 213 g/mol. The molecule has 0 aliphatic carbocycles. The number of benzene rings is 1. The van der Waals surface area contributed by atoms with Crippen LogP contribution in [0.5, 0.6) is 0 Å². The van der Waals surface area contributed by atoms with Gasteiger partial charge in [-0.05, 0) is 18.6 Å². The summed E-state index contributed by atoms with van der Waals surface area (Å²) in [6.07, 6.45) is 1.66. The predicted molar refractivity (Wildman–Crippen MR) is 60.1 cm³/mol. The number of fused-ring (bicyclic) bond motifs is 2. The summed E-state index contributed by atoms with van der Waals surface area (Å²) >= 11 is 0. The van der Waals surface area contributed by atoms with Crippen LogP contribution in [0.1, 0.15) is 12.5 Å². The van der Waals surface area contributed by atoms with Gasteiger partial charge in [0.25, 0.3) is 5.91 Å². The van der Waals surface area contributed by atoms with E-state index in [4.69, 9.17) is 0 Å². The van der Waals surface area contributed by atoms with E-state index in [-0.39, 0.29) is 5.91 Å². The molecule has 0 radical (unpaired) electrons. The normalized spacial score (nSPS) is 26.5. The molecule has 0 N–H and O–H groups in total. The minimum Gasteiger partial charge on any atom is -0.312 e. The number of para-hydroxylation sites is 1. The first kappa shape index (κ1) is 9.27. The zero-order chi connectivity index (χ0) is 11.3. The molecule has 0 fully saturated rings. The van der Waals surface area contributed by atoms with Crippen molar-refractivity contribution in [2.45, 2.75) is 12.5 Å². The largest absolute Gasteiger partial charge is 0.312 e. The molecule has 2 heterocycles. The van der Waals surface area contributed by atoms with Gasteiger partial charge in [-0.15, -0.1) is 0 Å². The molecule has 1 spiro atoms. The second kappa shape index (κ2) is 2.78. The number of hydrogen-bond acceptors (Lipinski definition) is 3. The Labute approximate surface area is 93.3 Å². The van der Waals surface area contributed by atoms with Crippen LogP contribution in [0.25, 0.3) is 0 Å². The van der Waals surface area contributed by atoms with Gasteiger partial charge in [-0.3, -0.25) is 4.79 Å². The van der Waals surface area contributed by atoms with Crippen LogP contribution in [-0.4, -0.2) is 13.0 Å². The highest BCUT2D eigenvalue weighted by Crippen LogP contribution is 2.48. The minimum absolute atomic E-state index is 0.0244. The van der Waals surface area contributed by atoms with E-state index in [2.05, 4.69) is 10.2 Å². The number of carbonyl (C=O) groups is 1. The van der Waals surface area contributed by atoms with Gasteiger partial charge in [0.1, 0.15) is 0 Å². The zero-order valence-corrected chi connectivity index (χ0v) is 9.14. The Morgan fingerprint density at radius 3 is 2.75 bits per heavy atom. The smallest absolute Gasteiger partial charge is 0.265 e. The molecule has 16 heavy (non-hydrogen) atoms. The molecule has 3 rings (SSSR count). The SMILES string of the molecule is CC1=CN=NC12C(=O)N(C)c1ccccc12. The third-order valence-corrected chi connectivity index (χ3v) is 3.30. The van der Waals surface area contributed by atoms with Crippen molar-refractivity contribution >= 4 is 11.6 Å². The fourth-order valence-electron chi connectivity index (χ4n) is 2.39. The highest BCUT2D eigenvalue weighted by atomic mass is 16.2. The molecule has 4 heteroatoms. The second-order valence-electron chi connectivity index (χ2n) is 4.12. The molecule has 1 amide bonds. The van der Waals surface area contributed by atoms with Crippen LogP contribution in [0.15, 0.2) is 46.3 Å². The van der Waals surface area contributed by atoms with Crippen molar-refractivity contribution in [2.24, 2.45) is 10.2 Å². The lowest BCUT2D eigenvalue weighted by molar-refractivity contribution is -0.121. The molecular weight excluding hydrogens is 202 g/mol. The van der Waals surface area contributed by atoms with E-state index in [1.807, 2.05) is 31.2 Å². The van der Waals surface area contributed by atoms with E-state index in [9.17, 15) is 4.79 Å². The number of carbonyl (C=O) groups excluding carboxylic acids is 1. The van der Waals surface area contributed by atoms with E-state index in [1.165, 1.54) is 0 Å². The van der Waals surface area contributed by atoms with Crippen molar-refractivity contribution in [2.75, 3.05) is 11.9 Å². The molecule has 0 aromatic heterocycles. The summed E-state index contributed by atoms with van der Waals surface area (Å²) in [4.78, 5) is 14.0. The van der Waals surface area contributed by atoms with Crippen molar-refractivity contribution in [3.05, 3.63) is 41.6 Å². The monoisotopic (exact) mass is 213 g/mol. The number of amides is 1. The Balaban J connectivity index is 2.34. The van der Waals surface area contributed by atoms with Crippen molar-refractivity contribution in [3.8, 4) is 0 Å². The maximum atomic E-state index is 12.3. The lowest BCUT2D eigenvalue weighted by Crippen LogP contribution is -2.36. The number of azo groups is 1. The molecule has 0 saturated carbocycles. The lowest BCUT2D eigenvalue weighted by atomic mass is 9.86. The Bertz CT molecular complexity index is 547. The summed E-state index contributed by atoms with van der Waals surface area (Å²) in [5, 5.41) is 8.06. The maximum Gasteiger partial charge on any atom is 0.265 e. The topological polar surface area (TPSA) is 45.0 Å². The number of rotatable bonds is 0. The van der Waals surface area contributed by atoms with Gasteiger partial charge < -0.3 is 4.90 Å². The first-order valence-electron chi connectivity index (χ1n) is 5.15. The summed E-state index contributed by atoms with van der Waals surface area (Å²) < 4.78 is 0. The zero-order valence-electron chi connectivity index (χ0n) is 9.14. The molecule has 1 aromatic carbocycles. The molecule has 1 unspecified atom stereocenters. The van der Waals surface area contributed by atoms with Crippen molar-refractivity contribution in [1.82, 2.24) is 0 Å². The molecule has 4 nitrogen and oxygen atoms in total. The Morgan fingerprint density at radius 2 is 2.06 bits per heavy atom. The standard InChI is InChI=1S/C12H11N3O/c1-8-7-13-14-12(8)9-5-3-4-6-10(9)15(2)11(12)16/h3-7H,1-2H3. The van der Waals surface area contributed by atoms with Crippen LogP contribution in [0.3, 0.4) is 0 Å². The van der Waals surface area contributed by atoms with Gasteiger partial charge in [0.05, 0.1) is 6.20 Å². The Morgan fingerprint density at radius 1 is 1.31 bits per heavy atom. The summed E-state index contributed by atoms with van der Waals surface area (Å²) in [7, 11) is 1.77. The highest BCUT2D eigenvalue weighted by Gasteiger charge is 2.53. The minimum atomic E-state index is -0.884. The highest BCUT2D eigenvalue weighted by molar-refractivity contribution is 6.09. The lowest BCUT2D eigenvalue weighted by Gasteiger charge is -2.19. The van der Waals surface area contributed by atoms with Gasteiger partial charge in [-0.2, -0.15) is 10.2 Å². The summed E-state index contributed by atoms with van der Waals surface area (Å²) in [6, 6.07) is 7.72. The quantitative estimate of drug-likeness (QED) is 0.651. The van der Waals surface area contributed by atoms with Gasteiger partial charge in [0.2, 0.25) is 5.54 Å². The van der Waals surface area contributed by atoms with E-state index in [0.717, 1.165) is 16.8 Å². The molecule has 2 aliphatic rings. The third-order valence-electron chi connectivity index (χ3n) is 3.30. The molecule has 1 atom stereocenters. The van der Waals surface area contributed by atoms with E-state index in [1.54, 1.807) is 18.1 Å². The number of anilines is 1. The number of likely N-dealkylation sites (N-methyl/N-ethyl adjacent to an activating group) is 1. The van der Waals surface area contributed by atoms with Crippen molar-refractivity contribution in [3.63, 3.8) is 0 Å². The van der Waals surface area contributed by atoms with Crippen LogP contribution in [0, 0.1) is 0 Å². The fourth-order valence-corrected chi connectivity index (χ4v) is 2.39. The van der Waals surface area contributed by atoms with Crippen LogP contribution in [-0.2, 0) is 10.3 Å². The molecular formula is C12H11N3O. The van der Waals surface area contributed by atoms with Crippen LogP contribution in [0.4, 0.5) is 5.69 Å². The number of nitrogens with zero attached hydrogens (tertiary/aromatic N) is 3. The van der Waals surface area contributed by atoms with E-state index >= 15 is 0 Å². The van der Waals surface area contributed by atoms with Gasteiger partial charge in [-0.1, -0.05) is 18.2 Å². The van der Waals surface area contributed by atoms with E-state index < -0.39 is 5.54 Å². The summed E-state index contributed by atoms with van der Waals surface area (Å²) in [6.45, 7) is 1.90. The fraction of sp³-hybridized carbons (Fsp3) is 0.250. The summed E-state index contributed by atoms with van der Waals surface area (Å²) in [5.74, 6) is -0.0244. The van der Waals surface area contributed by atoms with Gasteiger partial charge in [-0.25, -0.2) is 0 Å². The second-order valence-corrected chi connectivity index (χ2v) is 4.12. The van der Waals surface area contributed by atoms with Crippen molar-refractivity contribution < 1.29 is 4.79 Å². The maximum absolute atomic E-state index is 12.3. The number of hydrogen-bond donors (Lipinski definition) is 0. The van der Waals surface area contributed by atoms with Gasteiger partial charge in [0, 0.05) is 18.3 Å². The first-order chi connectivity index (χ1) is 7.68. The van der Waals surface area contributed by atoms with E-state index in [0.29, 0.717) is 0 Å². The molecule has 80 valence electrons. The Kier molecular flexibility index (Phi) is 1.61. The third kappa shape index (κ3) is 0.829. The van der Waals surface area contributed by atoms with Crippen LogP contribution in [0.2, 0.25) is 0 Å². The van der Waals surface area contributed by atoms with Crippen LogP contribution < -0.4 is 4.90 Å². The van der Waals surface area contributed by atoms with Crippen molar-refractivity contribution in [1.29, 1.82) is 0 Å². The molecule has 0 bridgehead atoms. The van der Waals surface area contributed by atoms with Crippen LogP contribution >= 0.6 is 0 Å². The van der Waals surface area contributed by atoms with Gasteiger partial charge in [0.15, 0.2) is 0 Å².